The van der Waals surface area contributed by atoms with Crippen LogP contribution >= 0.6 is 12.4 Å². The van der Waals surface area contributed by atoms with Gasteiger partial charge >= 0.3 is 0 Å². The molecule has 0 spiro atoms. The second-order valence-corrected chi connectivity index (χ2v) is 8.14. The number of anilines is 1. The van der Waals surface area contributed by atoms with Crippen LogP contribution in [0.1, 0.15) is 6.42 Å². The third-order valence-electron chi connectivity index (χ3n) is 5.97. The number of aliphatic imine (C=N–C) groups is 1. The van der Waals surface area contributed by atoms with Crippen molar-refractivity contribution in [2.45, 2.75) is 12.5 Å². The topological polar surface area (TPSA) is 80.6 Å². The van der Waals surface area contributed by atoms with Crippen LogP contribution in [0, 0.1) is 0 Å². The Morgan fingerprint density at radius 3 is 2.72 bits per heavy atom. The summed E-state index contributed by atoms with van der Waals surface area (Å²) < 4.78 is 5.90. The molecule has 0 aliphatic carbocycles. The molecule has 32 heavy (non-hydrogen) atoms. The molecule has 0 aromatic heterocycles. The fraction of sp³-hybridized carbons (Fsp3) is 0.391. The van der Waals surface area contributed by atoms with Crippen molar-refractivity contribution in [2.24, 2.45) is 4.99 Å². The molecule has 4 aliphatic heterocycles. The van der Waals surface area contributed by atoms with E-state index in [0.717, 1.165) is 37.6 Å². The molecule has 4 heterocycles. The SMILES string of the molecule is Cl.O=C1CC=NC2=C1NC=C1C=C(OCC(O)CN3CCN(c4ccccc4)CC3)CN12. The fourth-order valence-corrected chi connectivity index (χ4v) is 4.32. The maximum absolute atomic E-state index is 12.0. The van der Waals surface area contributed by atoms with Crippen LogP contribution in [-0.4, -0.2) is 78.9 Å². The number of aliphatic hydroxyl groups is 1. The summed E-state index contributed by atoms with van der Waals surface area (Å²) in [4.78, 5) is 23.1. The zero-order chi connectivity index (χ0) is 21.2. The number of fused-ring (bicyclic) bond motifs is 2. The number of nitrogens with one attached hydrogen (secondary N) is 1. The number of β-amino-alcohol motifs (C(OH)–C–C–N with tert-alkyl or cyclic N) is 1. The van der Waals surface area contributed by atoms with Gasteiger partial charge in [-0.2, -0.15) is 0 Å². The predicted octanol–water partition coefficient (Wildman–Crippen LogP) is 1.46. The Labute approximate surface area is 193 Å². The minimum Gasteiger partial charge on any atom is -0.493 e. The Kier molecular flexibility index (Phi) is 6.83. The lowest BCUT2D eigenvalue weighted by Gasteiger charge is -2.36. The third-order valence-corrected chi connectivity index (χ3v) is 5.97. The lowest BCUT2D eigenvalue weighted by Crippen LogP contribution is -2.49. The summed E-state index contributed by atoms with van der Waals surface area (Å²) in [5.41, 5.74) is 2.70. The van der Waals surface area contributed by atoms with Crippen LogP contribution < -0.4 is 10.2 Å². The Hall–Kier alpha value is -2.81. The first-order valence-corrected chi connectivity index (χ1v) is 10.8. The van der Waals surface area contributed by atoms with Crippen LogP contribution in [0.3, 0.4) is 0 Å². The van der Waals surface area contributed by atoms with Crippen molar-refractivity contribution in [3.63, 3.8) is 0 Å². The number of carbonyl (C=O) groups is 1. The number of hydrogen-bond donors (Lipinski definition) is 2. The highest BCUT2D eigenvalue weighted by Gasteiger charge is 2.32. The van der Waals surface area contributed by atoms with Gasteiger partial charge in [-0.25, -0.2) is 4.99 Å². The molecular formula is C23H28ClN5O3. The van der Waals surface area contributed by atoms with Crippen molar-refractivity contribution < 1.29 is 14.6 Å². The second-order valence-electron chi connectivity index (χ2n) is 8.14. The summed E-state index contributed by atoms with van der Waals surface area (Å²) in [6.07, 6.45) is 5.14. The van der Waals surface area contributed by atoms with Gasteiger partial charge in [-0.3, -0.25) is 9.69 Å². The molecule has 1 aromatic carbocycles. The second kappa shape index (κ2) is 9.77. The van der Waals surface area contributed by atoms with E-state index in [9.17, 15) is 9.90 Å². The maximum Gasteiger partial charge on any atom is 0.188 e. The summed E-state index contributed by atoms with van der Waals surface area (Å²) in [5.74, 6) is 1.45. The number of halogens is 1. The average Bonchev–Trinajstić information content (AvgIpc) is 3.23. The highest BCUT2D eigenvalue weighted by atomic mass is 35.5. The van der Waals surface area contributed by atoms with Gasteiger partial charge in [0.2, 0.25) is 0 Å². The number of aliphatic hydroxyl groups excluding tert-OH is 1. The van der Waals surface area contributed by atoms with E-state index in [1.54, 1.807) is 12.4 Å². The first-order valence-electron chi connectivity index (χ1n) is 10.8. The summed E-state index contributed by atoms with van der Waals surface area (Å²) in [7, 11) is 0. The molecule has 170 valence electrons. The van der Waals surface area contributed by atoms with Crippen molar-refractivity contribution in [1.82, 2.24) is 15.1 Å². The minimum atomic E-state index is -0.557. The van der Waals surface area contributed by atoms with Crippen molar-refractivity contribution >= 4 is 30.1 Å². The third kappa shape index (κ3) is 4.67. The molecule has 1 saturated heterocycles. The Balaban J connectivity index is 0.00000245. The lowest BCUT2D eigenvalue weighted by molar-refractivity contribution is -0.115. The first-order chi connectivity index (χ1) is 15.2. The van der Waals surface area contributed by atoms with Crippen LogP contribution in [0.5, 0.6) is 0 Å². The highest BCUT2D eigenvalue weighted by Crippen LogP contribution is 2.31. The van der Waals surface area contributed by atoms with E-state index in [0.29, 0.717) is 31.0 Å². The molecule has 5 rings (SSSR count). The van der Waals surface area contributed by atoms with Gasteiger partial charge in [0.1, 0.15) is 24.2 Å². The van der Waals surface area contributed by atoms with Gasteiger partial charge in [0.15, 0.2) is 11.6 Å². The molecule has 1 atom stereocenters. The minimum absolute atomic E-state index is 0. The van der Waals surface area contributed by atoms with E-state index in [4.69, 9.17) is 4.74 Å². The molecule has 2 N–H and O–H groups in total. The molecule has 9 heteroatoms. The van der Waals surface area contributed by atoms with E-state index >= 15 is 0 Å². The van der Waals surface area contributed by atoms with Crippen molar-refractivity contribution in [2.75, 3.05) is 50.8 Å². The summed E-state index contributed by atoms with van der Waals surface area (Å²) in [6, 6.07) is 10.4. The summed E-state index contributed by atoms with van der Waals surface area (Å²) in [5, 5.41) is 13.5. The first kappa shape index (κ1) is 22.4. The smallest absolute Gasteiger partial charge is 0.188 e. The molecule has 0 amide bonds. The summed E-state index contributed by atoms with van der Waals surface area (Å²) >= 11 is 0. The van der Waals surface area contributed by atoms with Gasteiger partial charge < -0.3 is 25.0 Å². The number of piperazine rings is 1. The number of Topliss-reactive ketones (excluding diaryl/α,β-unsaturated/α-hetero) is 1. The molecule has 1 fully saturated rings. The van der Waals surface area contributed by atoms with Gasteiger partial charge in [0.25, 0.3) is 0 Å². The zero-order valence-electron chi connectivity index (χ0n) is 17.8. The zero-order valence-corrected chi connectivity index (χ0v) is 18.6. The number of ketones is 1. The van der Waals surface area contributed by atoms with Crippen molar-refractivity contribution in [3.05, 3.63) is 65.6 Å². The van der Waals surface area contributed by atoms with E-state index in [1.165, 1.54) is 5.69 Å². The normalized spacial score (nSPS) is 21.2. The standard InChI is InChI=1S/C23H27N5O3.ClH/c29-19(14-26-8-10-27(11-9-26)17-4-2-1-3-5-17)16-31-20-12-18-13-25-22-21(30)6-7-24-23(22)28(18)15-20;/h1-5,7,12-13,19,25,29H,6,8-11,14-16H2;1H. The van der Waals surface area contributed by atoms with E-state index in [-0.39, 0.29) is 24.8 Å². The number of carbonyl (C=O) groups excluding carboxylic acids is 1. The lowest BCUT2D eigenvalue weighted by atomic mass is 10.1. The number of hydrogen-bond acceptors (Lipinski definition) is 8. The number of rotatable bonds is 6. The predicted molar refractivity (Wildman–Crippen MR) is 125 cm³/mol. The number of benzene rings is 1. The largest absolute Gasteiger partial charge is 0.493 e. The molecule has 8 nitrogen and oxygen atoms in total. The van der Waals surface area contributed by atoms with Gasteiger partial charge in [0, 0.05) is 63.3 Å². The maximum atomic E-state index is 12.0. The fourth-order valence-electron chi connectivity index (χ4n) is 4.32. The summed E-state index contributed by atoms with van der Waals surface area (Å²) in [6.45, 7) is 5.10. The number of para-hydroxylation sites is 1. The van der Waals surface area contributed by atoms with E-state index in [2.05, 4.69) is 44.4 Å². The molecule has 0 radical (unpaired) electrons. The number of ether oxygens (including phenoxy) is 1. The monoisotopic (exact) mass is 457 g/mol. The van der Waals surface area contributed by atoms with Crippen LogP contribution in [0.4, 0.5) is 5.69 Å². The molecule has 1 aromatic rings. The Bertz CT molecular complexity index is 967. The Morgan fingerprint density at radius 2 is 1.94 bits per heavy atom. The van der Waals surface area contributed by atoms with E-state index in [1.807, 2.05) is 17.0 Å². The van der Waals surface area contributed by atoms with Gasteiger partial charge in [-0.15, -0.1) is 12.4 Å². The van der Waals surface area contributed by atoms with Gasteiger partial charge in [-0.1, -0.05) is 18.2 Å². The van der Waals surface area contributed by atoms with Crippen LogP contribution in [-0.2, 0) is 9.53 Å². The molecule has 1 unspecified atom stereocenters. The van der Waals surface area contributed by atoms with E-state index < -0.39 is 6.10 Å². The van der Waals surface area contributed by atoms with Gasteiger partial charge in [0.05, 0.1) is 12.2 Å². The van der Waals surface area contributed by atoms with Crippen LogP contribution in [0.15, 0.2) is 70.6 Å². The Morgan fingerprint density at radius 1 is 1.16 bits per heavy atom. The van der Waals surface area contributed by atoms with Crippen LogP contribution in [0.25, 0.3) is 0 Å². The highest BCUT2D eigenvalue weighted by molar-refractivity contribution is 6.05. The number of nitrogens with zero attached hydrogens (tertiary/aromatic N) is 4. The van der Waals surface area contributed by atoms with Gasteiger partial charge in [-0.05, 0) is 12.1 Å². The quantitative estimate of drug-likeness (QED) is 0.669. The average molecular weight is 458 g/mol. The number of allylic oxidation sites excluding steroid dienone is 2. The van der Waals surface area contributed by atoms with Crippen molar-refractivity contribution in [1.29, 1.82) is 0 Å². The van der Waals surface area contributed by atoms with Crippen LogP contribution in [0.2, 0.25) is 0 Å². The molecule has 4 aliphatic rings. The molecule has 0 saturated carbocycles. The molecule has 0 bridgehead atoms. The van der Waals surface area contributed by atoms with Crippen molar-refractivity contribution in [3.8, 4) is 0 Å². The molecular weight excluding hydrogens is 430 g/mol.